The van der Waals surface area contributed by atoms with E-state index in [4.69, 9.17) is 5.73 Å². The van der Waals surface area contributed by atoms with Gasteiger partial charge in [-0.1, -0.05) is 32.6 Å². The summed E-state index contributed by atoms with van der Waals surface area (Å²) in [5.74, 6) is 1.20. The highest BCUT2D eigenvalue weighted by Gasteiger charge is 2.30. The Kier molecular flexibility index (Phi) is 5.68. The summed E-state index contributed by atoms with van der Waals surface area (Å²) in [6, 6.07) is 0.500. The molecule has 0 aromatic rings. The molecule has 0 saturated heterocycles. The standard InChI is InChI=1S/C16H30N2O/c1-2-5-12-8-10-13(11-9-12)18-16(19)14-6-3-4-7-15(14)17/h12-15H,2-11,17H2,1H3,(H,18,19). The molecule has 0 spiro atoms. The van der Waals surface area contributed by atoms with Crippen LogP contribution in [0, 0.1) is 11.8 Å². The zero-order valence-electron chi connectivity index (χ0n) is 12.4. The first-order valence-electron chi connectivity index (χ1n) is 8.26. The Morgan fingerprint density at radius 3 is 2.42 bits per heavy atom. The fourth-order valence-corrected chi connectivity index (χ4v) is 3.80. The van der Waals surface area contributed by atoms with Gasteiger partial charge in [-0.2, -0.15) is 0 Å². The van der Waals surface area contributed by atoms with Crippen LogP contribution in [0.15, 0.2) is 0 Å². The van der Waals surface area contributed by atoms with Gasteiger partial charge in [0.25, 0.3) is 0 Å². The van der Waals surface area contributed by atoms with Crippen molar-refractivity contribution in [2.45, 2.75) is 83.2 Å². The molecule has 0 radical (unpaired) electrons. The third-order valence-corrected chi connectivity index (χ3v) is 5.05. The van der Waals surface area contributed by atoms with Crippen molar-refractivity contribution < 1.29 is 4.79 Å². The second kappa shape index (κ2) is 7.28. The Balaban J connectivity index is 1.74. The smallest absolute Gasteiger partial charge is 0.224 e. The first kappa shape index (κ1) is 14.8. The van der Waals surface area contributed by atoms with E-state index in [1.54, 1.807) is 0 Å². The van der Waals surface area contributed by atoms with E-state index in [1.807, 2.05) is 0 Å². The van der Waals surface area contributed by atoms with Gasteiger partial charge in [-0.3, -0.25) is 4.79 Å². The molecule has 0 aliphatic heterocycles. The van der Waals surface area contributed by atoms with Crippen LogP contribution in [0.5, 0.6) is 0 Å². The minimum atomic E-state index is 0.0714. The average molecular weight is 266 g/mol. The number of rotatable bonds is 4. The van der Waals surface area contributed by atoms with Crippen LogP contribution < -0.4 is 11.1 Å². The molecule has 110 valence electrons. The maximum absolute atomic E-state index is 12.3. The fraction of sp³-hybridized carbons (Fsp3) is 0.938. The summed E-state index contributed by atoms with van der Waals surface area (Å²) in [5.41, 5.74) is 6.09. The molecule has 19 heavy (non-hydrogen) atoms. The summed E-state index contributed by atoms with van der Waals surface area (Å²) >= 11 is 0. The van der Waals surface area contributed by atoms with Crippen molar-refractivity contribution >= 4 is 5.91 Å². The first-order chi connectivity index (χ1) is 9.20. The normalized spacial score (nSPS) is 35.9. The Morgan fingerprint density at radius 2 is 1.79 bits per heavy atom. The fourth-order valence-electron chi connectivity index (χ4n) is 3.80. The summed E-state index contributed by atoms with van der Waals surface area (Å²) in [4.78, 5) is 12.3. The number of carbonyl (C=O) groups is 1. The van der Waals surface area contributed by atoms with Crippen molar-refractivity contribution in [3.63, 3.8) is 0 Å². The molecule has 3 nitrogen and oxygen atoms in total. The van der Waals surface area contributed by atoms with Crippen molar-refractivity contribution in [1.82, 2.24) is 5.32 Å². The second-order valence-electron chi connectivity index (χ2n) is 6.57. The molecule has 3 heteroatoms. The van der Waals surface area contributed by atoms with Gasteiger partial charge in [0.2, 0.25) is 5.91 Å². The molecule has 2 saturated carbocycles. The van der Waals surface area contributed by atoms with Gasteiger partial charge in [0.1, 0.15) is 0 Å². The molecule has 1 amide bonds. The summed E-state index contributed by atoms with van der Waals surface area (Å²) < 4.78 is 0. The van der Waals surface area contributed by atoms with E-state index in [9.17, 15) is 4.79 Å². The van der Waals surface area contributed by atoms with Gasteiger partial charge in [-0.25, -0.2) is 0 Å². The molecule has 2 fully saturated rings. The predicted molar refractivity (Wildman–Crippen MR) is 78.7 cm³/mol. The highest BCUT2D eigenvalue weighted by molar-refractivity contribution is 5.79. The minimum absolute atomic E-state index is 0.0714. The number of hydrogen-bond acceptors (Lipinski definition) is 2. The van der Waals surface area contributed by atoms with Crippen LogP contribution in [0.25, 0.3) is 0 Å². The predicted octanol–water partition coefficient (Wildman–Crippen LogP) is 2.98. The Morgan fingerprint density at radius 1 is 1.11 bits per heavy atom. The van der Waals surface area contributed by atoms with Gasteiger partial charge >= 0.3 is 0 Å². The van der Waals surface area contributed by atoms with Gasteiger partial charge < -0.3 is 11.1 Å². The number of hydrogen-bond donors (Lipinski definition) is 2. The minimum Gasteiger partial charge on any atom is -0.353 e. The first-order valence-corrected chi connectivity index (χ1v) is 8.26. The van der Waals surface area contributed by atoms with E-state index in [1.165, 1.54) is 44.9 Å². The molecule has 2 atom stereocenters. The Hall–Kier alpha value is -0.570. The lowest BCUT2D eigenvalue weighted by molar-refractivity contribution is -0.127. The number of nitrogens with two attached hydrogens (primary N) is 1. The van der Waals surface area contributed by atoms with Crippen LogP contribution in [-0.4, -0.2) is 18.0 Å². The van der Waals surface area contributed by atoms with Crippen LogP contribution in [-0.2, 0) is 4.79 Å². The van der Waals surface area contributed by atoms with Crippen LogP contribution in [0.3, 0.4) is 0 Å². The topological polar surface area (TPSA) is 55.1 Å². The second-order valence-corrected chi connectivity index (χ2v) is 6.57. The van der Waals surface area contributed by atoms with Crippen LogP contribution in [0.1, 0.15) is 71.1 Å². The van der Waals surface area contributed by atoms with Crippen LogP contribution in [0.4, 0.5) is 0 Å². The van der Waals surface area contributed by atoms with Gasteiger partial charge in [0, 0.05) is 12.1 Å². The molecule has 3 N–H and O–H groups in total. The molecular weight excluding hydrogens is 236 g/mol. The maximum Gasteiger partial charge on any atom is 0.224 e. The van der Waals surface area contributed by atoms with Crippen LogP contribution in [0.2, 0.25) is 0 Å². The monoisotopic (exact) mass is 266 g/mol. The molecule has 0 heterocycles. The largest absolute Gasteiger partial charge is 0.353 e. The van der Waals surface area contributed by atoms with Gasteiger partial charge in [-0.05, 0) is 44.4 Å². The highest BCUT2D eigenvalue weighted by atomic mass is 16.2. The summed E-state index contributed by atoms with van der Waals surface area (Å²) in [6.45, 7) is 2.26. The van der Waals surface area contributed by atoms with Crippen molar-refractivity contribution in [2.24, 2.45) is 17.6 Å². The molecule has 0 bridgehead atoms. The van der Waals surface area contributed by atoms with Crippen molar-refractivity contribution in [3.8, 4) is 0 Å². The molecule has 2 aliphatic rings. The lowest BCUT2D eigenvalue weighted by Crippen LogP contribution is -2.47. The lowest BCUT2D eigenvalue weighted by Gasteiger charge is -2.32. The van der Waals surface area contributed by atoms with Gasteiger partial charge in [-0.15, -0.1) is 0 Å². The molecular formula is C16H30N2O. The summed E-state index contributed by atoms with van der Waals surface area (Å²) in [5, 5.41) is 3.26. The molecule has 2 unspecified atom stereocenters. The number of nitrogens with one attached hydrogen (secondary N) is 1. The molecule has 0 aromatic carbocycles. The highest BCUT2D eigenvalue weighted by Crippen LogP contribution is 2.29. The van der Waals surface area contributed by atoms with Crippen molar-refractivity contribution in [1.29, 1.82) is 0 Å². The number of amides is 1. The molecule has 2 rings (SSSR count). The van der Waals surface area contributed by atoms with E-state index in [2.05, 4.69) is 12.2 Å². The summed E-state index contributed by atoms with van der Waals surface area (Å²) in [6.07, 6.45) is 11.9. The average Bonchev–Trinajstić information content (AvgIpc) is 2.42. The third-order valence-electron chi connectivity index (χ3n) is 5.05. The molecule has 2 aliphatic carbocycles. The molecule has 0 aromatic heterocycles. The van der Waals surface area contributed by atoms with E-state index in [0.717, 1.165) is 25.2 Å². The lowest BCUT2D eigenvalue weighted by atomic mass is 9.82. The van der Waals surface area contributed by atoms with E-state index >= 15 is 0 Å². The van der Waals surface area contributed by atoms with Crippen molar-refractivity contribution in [2.75, 3.05) is 0 Å². The van der Waals surface area contributed by atoms with E-state index < -0.39 is 0 Å². The number of carbonyl (C=O) groups excluding carboxylic acids is 1. The maximum atomic E-state index is 12.3. The third kappa shape index (κ3) is 4.20. The van der Waals surface area contributed by atoms with E-state index in [0.29, 0.717) is 6.04 Å². The Labute approximate surface area is 117 Å². The van der Waals surface area contributed by atoms with Crippen molar-refractivity contribution in [3.05, 3.63) is 0 Å². The quantitative estimate of drug-likeness (QED) is 0.822. The zero-order valence-corrected chi connectivity index (χ0v) is 12.4. The van der Waals surface area contributed by atoms with E-state index in [-0.39, 0.29) is 17.9 Å². The van der Waals surface area contributed by atoms with Crippen LogP contribution >= 0.6 is 0 Å². The van der Waals surface area contributed by atoms with Gasteiger partial charge in [0.05, 0.1) is 5.92 Å². The Bertz CT molecular complexity index is 284. The zero-order chi connectivity index (χ0) is 13.7. The SMILES string of the molecule is CCCC1CCC(NC(=O)C2CCCCC2N)CC1. The summed E-state index contributed by atoms with van der Waals surface area (Å²) in [7, 11) is 0. The van der Waals surface area contributed by atoms with Gasteiger partial charge in [0.15, 0.2) is 0 Å².